The summed E-state index contributed by atoms with van der Waals surface area (Å²) in [6.07, 6.45) is -3.56. The summed E-state index contributed by atoms with van der Waals surface area (Å²) in [4.78, 5) is 18.0. The molecular weight excluding hydrogens is 583 g/mol. The van der Waals surface area contributed by atoms with E-state index in [0.29, 0.717) is 0 Å². The van der Waals surface area contributed by atoms with Gasteiger partial charge in [0, 0.05) is 38.6 Å². The van der Waals surface area contributed by atoms with Crippen molar-refractivity contribution in [3.8, 4) is 0 Å². The number of hydrogen-bond donors (Lipinski definition) is 1. The van der Waals surface area contributed by atoms with Crippen molar-refractivity contribution >= 4 is 53.9 Å². The number of benzene rings is 1. The fourth-order valence-corrected chi connectivity index (χ4v) is 6.31. The number of rotatable bonds is 7. The lowest BCUT2D eigenvalue weighted by Crippen LogP contribution is -2.48. The Bertz CT molecular complexity index is 1570. The fourth-order valence-electron chi connectivity index (χ4n) is 3.62. The van der Waals surface area contributed by atoms with Crippen LogP contribution in [-0.2, 0) is 26.2 Å². The van der Waals surface area contributed by atoms with E-state index in [4.69, 9.17) is 0 Å². The Hall–Kier alpha value is -3.35. The van der Waals surface area contributed by atoms with Gasteiger partial charge in [-0.25, -0.2) is 21.8 Å². The molecular formula is C21H22F3N7O5S3. The highest BCUT2D eigenvalue weighted by Gasteiger charge is 2.36. The maximum absolute atomic E-state index is 13.0. The molecule has 12 nitrogen and oxygen atoms in total. The third-order valence-electron chi connectivity index (χ3n) is 5.76. The van der Waals surface area contributed by atoms with Crippen LogP contribution in [0.3, 0.4) is 0 Å². The topological polar surface area (TPSA) is 146 Å². The number of carbonyl (C=O) groups is 1. The van der Waals surface area contributed by atoms with Crippen LogP contribution in [0.2, 0.25) is 0 Å². The number of thiazole rings is 1. The van der Waals surface area contributed by atoms with Crippen molar-refractivity contribution in [3.63, 3.8) is 0 Å². The first-order chi connectivity index (χ1) is 18.2. The highest BCUT2D eigenvalue weighted by Crippen LogP contribution is 2.33. The molecule has 39 heavy (non-hydrogen) atoms. The van der Waals surface area contributed by atoms with Crippen LogP contribution in [0.4, 0.5) is 29.8 Å². The molecule has 1 amide bonds. The predicted molar refractivity (Wildman–Crippen MR) is 138 cm³/mol. The van der Waals surface area contributed by atoms with Crippen LogP contribution in [0.15, 0.2) is 46.8 Å². The van der Waals surface area contributed by atoms with E-state index in [1.807, 2.05) is 0 Å². The maximum Gasteiger partial charge on any atom is 0.434 e. The summed E-state index contributed by atoms with van der Waals surface area (Å²) < 4.78 is 90.5. The van der Waals surface area contributed by atoms with Crippen molar-refractivity contribution in [3.05, 3.63) is 53.0 Å². The number of halogens is 3. The Labute approximate surface area is 226 Å². The van der Waals surface area contributed by atoms with Crippen LogP contribution in [0.1, 0.15) is 16.1 Å². The average Bonchev–Trinajstić information content (AvgIpc) is 3.39. The molecule has 18 heteroatoms. The maximum atomic E-state index is 13.0. The molecule has 1 aliphatic heterocycles. The summed E-state index contributed by atoms with van der Waals surface area (Å²) in [6, 6.07) is 8.41. The van der Waals surface area contributed by atoms with E-state index >= 15 is 0 Å². The molecule has 3 heterocycles. The number of nitrogens with zero attached hydrogens (tertiary/aromatic N) is 6. The Kier molecular flexibility index (Phi) is 7.84. The molecule has 0 atom stereocenters. The second kappa shape index (κ2) is 10.7. The summed E-state index contributed by atoms with van der Waals surface area (Å²) in [6.45, 7) is 0.252. The van der Waals surface area contributed by atoms with E-state index in [9.17, 15) is 34.8 Å². The molecule has 0 bridgehead atoms. The Balaban J connectivity index is 1.42. The molecule has 1 N–H and O–H groups in total. The minimum atomic E-state index is -4.56. The molecule has 0 spiro atoms. The largest absolute Gasteiger partial charge is 0.434 e. The number of hydrogen-bond acceptors (Lipinski definition) is 10. The number of anilines is 3. The number of piperazine rings is 1. The van der Waals surface area contributed by atoms with Gasteiger partial charge in [0.1, 0.15) is 0 Å². The number of carbonyl (C=O) groups excluding carboxylic acids is 1. The molecule has 3 aromatic rings. The first-order valence-corrected chi connectivity index (χ1v) is 15.3. The van der Waals surface area contributed by atoms with Crippen LogP contribution >= 0.6 is 11.3 Å². The van der Waals surface area contributed by atoms with Gasteiger partial charge in [0.15, 0.2) is 21.7 Å². The monoisotopic (exact) mass is 605 g/mol. The van der Waals surface area contributed by atoms with Gasteiger partial charge in [-0.05, 0) is 24.3 Å². The van der Waals surface area contributed by atoms with E-state index in [0.717, 1.165) is 37.6 Å². The molecule has 4 rings (SSSR count). The molecule has 0 aliphatic carbocycles. The Morgan fingerprint density at radius 1 is 1.03 bits per heavy atom. The highest BCUT2D eigenvalue weighted by atomic mass is 32.2. The summed E-state index contributed by atoms with van der Waals surface area (Å²) in [7, 11) is -6.40. The van der Waals surface area contributed by atoms with E-state index in [2.05, 4.69) is 20.5 Å². The van der Waals surface area contributed by atoms with E-state index in [-0.39, 0.29) is 53.4 Å². The van der Waals surface area contributed by atoms with Crippen molar-refractivity contribution in [2.24, 2.45) is 0 Å². The SMILES string of the molecule is CN(c1ccccc1C(=O)Nc1ccc(S(=O)(=O)N2CCN(c3nc(C(F)(F)F)cs3)CC2)nn1)S(C)(=O)=O. The number of alkyl halides is 3. The van der Waals surface area contributed by atoms with Gasteiger partial charge >= 0.3 is 6.18 Å². The van der Waals surface area contributed by atoms with Crippen molar-refractivity contribution in [1.82, 2.24) is 19.5 Å². The molecule has 1 fully saturated rings. The third kappa shape index (κ3) is 6.29. The van der Waals surface area contributed by atoms with Gasteiger partial charge in [-0.3, -0.25) is 9.10 Å². The molecule has 1 saturated heterocycles. The lowest BCUT2D eigenvalue weighted by molar-refractivity contribution is -0.140. The van der Waals surface area contributed by atoms with Gasteiger partial charge in [-0.2, -0.15) is 17.5 Å². The van der Waals surface area contributed by atoms with Crippen LogP contribution in [0, 0.1) is 0 Å². The van der Waals surface area contributed by atoms with Crippen LogP contribution in [0.25, 0.3) is 0 Å². The smallest absolute Gasteiger partial charge is 0.345 e. The first-order valence-electron chi connectivity index (χ1n) is 11.1. The number of aromatic nitrogens is 3. The lowest BCUT2D eigenvalue weighted by atomic mass is 10.1. The number of amides is 1. The van der Waals surface area contributed by atoms with Crippen molar-refractivity contribution in [2.75, 3.05) is 54.0 Å². The van der Waals surface area contributed by atoms with Gasteiger partial charge in [0.2, 0.25) is 10.0 Å². The molecule has 210 valence electrons. The van der Waals surface area contributed by atoms with Gasteiger partial charge in [0.05, 0.1) is 17.5 Å². The van der Waals surface area contributed by atoms with Gasteiger partial charge in [0.25, 0.3) is 15.9 Å². The van der Waals surface area contributed by atoms with Crippen LogP contribution in [-0.4, -0.2) is 81.7 Å². The number of nitrogens with one attached hydrogen (secondary N) is 1. The standard InChI is InChI=1S/C21H22F3N7O5S3/c1-29(38(2,33)34)15-6-4-3-5-14(15)19(32)26-17-7-8-18(28-27-17)39(35,36)31-11-9-30(10-12-31)20-25-16(13-37-20)21(22,23)24/h3-8,13H,9-12H2,1-2H3,(H,26,27,32). The van der Waals surface area contributed by atoms with Crippen molar-refractivity contribution < 1.29 is 34.8 Å². The minimum absolute atomic E-state index is 0.00588. The Morgan fingerprint density at radius 2 is 1.69 bits per heavy atom. The number of sulfonamides is 2. The number of para-hydroxylation sites is 1. The van der Waals surface area contributed by atoms with Crippen LogP contribution < -0.4 is 14.5 Å². The second-order valence-electron chi connectivity index (χ2n) is 8.36. The normalized spacial score (nSPS) is 15.3. The quantitative estimate of drug-likeness (QED) is 0.428. The average molecular weight is 606 g/mol. The molecule has 0 radical (unpaired) electrons. The summed E-state index contributed by atoms with van der Waals surface area (Å²) in [5.41, 5.74) is -0.813. The van der Waals surface area contributed by atoms with Gasteiger partial charge in [-0.1, -0.05) is 12.1 Å². The van der Waals surface area contributed by atoms with Gasteiger partial charge < -0.3 is 10.2 Å². The van der Waals surface area contributed by atoms with E-state index in [1.54, 1.807) is 17.0 Å². The zero-order valence-electron chi connectivity index (χ0n) is 20.5. The predicted octanol–water partition coefficient (Wildman–Crippen LogP) is 2.11. The van der Waals surface area contributed by atoms with E-state index < -0.39 is 37.8 Å². The molecule has 2 aromatic heterocycles. The summed E-state index contributed by atoms with van der Waals surface area (Å²) in [5, 5.41) is 10.7. The minimum Gasteiger partial charge on any atom is -0.345 e. The van der Waals surface area contributed by atoms with Crippen LogP contribution in [0.5, 0.6) is 0 Å². The van der Waals surface area contributed by atoms with Crippen molar-refractivity contribution in [1.29, 1.82) is 0 Å². The molecule has 1 aliphatic rings. The lowest BCUT2D eigenvalue weighted by Gasteiger charge is -2.33. The highest BCUT2D eigenvalue weighted by molar-refractivity contribution is 7.92. The Morgan fingerprint density at radius 3 is 2.26 bits per heavy atom. The molecule has 1 aromatic carbocycles. The summed E-state index contributed by atoms with van der Waals surface area (Å²) in [5.74, 6) is -0.747. The fraction of sp³-hybridized carbons (Fsp3) is 0.333. The zero-order valence-corrected chi connectivity index (χ0v) is 22.9. The summed E-state index contributed by atoms with van der Waals surface area (Å²) >= 11 is 0.834. The zero-order chi connectivity index (χ0) is 28.6. The first kappa shape index (κ1) is 28.7. The molecule has 0 unspecified atom stereocenters. The van der Waals surface area contributed by atoms with E-state index in [1.165, 1.54) is 25.2 Å². The van der Waals surface area contributed by atoms with Crippen molar-refractivity contribution in [2.45, 2.75) is 11.2 Å². The third-order valence-corrected chi connectivity index (χ3v) is 9.65. The van der Waals surface area contributed by atoms with Gasteiger partial charge in [-0.15, -0.1) is 21.5 Å². The second-order valence-corrected chi connectivity index (χ2v) is 13.1. The molecule has 0 saturated carbocycles.